The molecular weight excluding hydrogens is 432 g/mol. The number of nitriles is 1. The van der Waals surface area contributed by atoms with Gasteiger partial charge in [0.2, 0.25) is 0 Å². The molecule has 1 aliphatic rings. The minimum absolute atomic E-state index is 0. The van der Waals surface area contributed by atoms with Crippen molar-refractivity contribution in [1.82, 2.24) is 4.90 Å². The Hall–Kier alpha value is -3.18. The fourth-order valence-electron chi connectivity index (χ4n) is 3.65. The number of nitrogens with one attached hydrogen (secondary N) is 1. The predicted molar refractivity (Wildman–Crippen MR) is 123 cm³/mol. The Kier molecular flexibility index (Phi) is 7.08. The van der Waals surface area contributed by atoms with Gasteiger partial charge in [-0.3, -0.25) is 14.5 Å². The van der Waals surface area contributed by atoms with Crippen LogP contribution in [-0.2, 0) is 19.5 Å². The lowest BCUT2D eigenvalue weighted by atomic mass is 10.0. The van der Waals surface area contributed by atoms with E-state index in [2.05, 4.69) is 22.3 Å². The Morgan fingerprint density at radius 2 is 1.84 bits per heavy atom. The number of nitrogens with two attached hydrogens (primary N) is 1. The molecule has 2 heterocycles. The number of thiophene rings is 1. The molecule has 0 saturated heterocycles. The summed E-state index contributed by atoms with van der Waals surface area (Å²) in [6.07, 6.45) is 0.712. The number of carbonyl (C=O) groups excluding carboxylic acids is 2. The van der Waals surface area contributed by atoms with Gasteiger partial charge in [-0.25, -0.2) is 0 Å². The molecule has 0 fully saturated rings. The number of fused-ring (bicyclic) bond motifs is 1. The first kappa shape index (κ1) is 22.5. The van der Waals surface area contributed by atoms with Crippen LogP contribution in [-0.4, -0.2) is 23.3 Å². The lowest BCUT2D eigenvalue weighted by Gasteiger charge is -2.27. The van der Waals surface area contributed by atoms with Gasteiger partial charge in [-0.1, -0.05) is 30.3 Å². The molecule has 0 atom stereocenters. The maximum absolute atomic E-state index is 12.7. The van der Waals surface area contributed by atoms with Gasteiger partial charge in [-0.05, 0) is 41.8 Å². The van der Waals surface area contributed by atoms with E-state index in [1.807, 2.05) is 24.3 Å². The second-order valence-corrected chi connectivity index (χ2v) is 8.27. The Morgan fingerprint density at radius 1 is 1.13 bits per heavy atom. The number of nitrogens with zero attached hydrogens (tertiary/aromatic N) is 2. The van der Waals surface area contributed by atoms with Crippen molar-refractivity contribution >= 4 is 40.6 Å². The number of hydrogen-bond acceptors (Lipinski definition) is 5. The highest BCUT2D eigenvalue weighted by molar-refractivity contribution is 7.17. The first-order valence-corrected chi connectivity index (χ1v) is 10.4. The van der Waals surface area contributed by atoms with E-state index in [9.17, 15) is 9.59 Å². The molecule has 158 valence electrons. The molecule has 0 aliphatic carbocycles. The largest absolute Gasteiger partial charge is 0.365 e. The van der Waals surface area contributed by atoms with E-state index >= 15 is 0 Å². The van der Waals surface area contributed by atoms with Crippen LogP contribution < -0.4 is 11.1 Å². The Balaban J connectivity index is 0.00000272. The highest BCUT2D eigenvalue weighted by atomic mass is 35.5. The van der Waals surface area contributed by atoms with E-state index in [0.29, 0.717) is 34.7 Å². The van der Waals surface area contributed by atoms with Crippen LogP contribution >= 0.6 is 23.7 Å². The molecule has 2 aromatic carbocycles. The number of benzene rings is 2. The molecule has 1 aromatic heterocycles. The standard InChI is InChI=1S/C23H20N4O2S.ClH/c24-12-15-6-8-17(9-7-15)22(29)26-23-20(21(25)28)18-10-11-27(14-19(18)30-23)13-16-4-2-1-3-5-16;/h1-9H,10-11,13-14H2,(H2,25,28)(H,26,29);1H. The first-order valence-electron chi connectivity index (χ1n) is 9.57. The number of carbonyl (C=O) groups is 2. The number of anilines is 1. The van der Waals surface area contributed by atoms with Crippen molar-refractivity contribution in [3.05, 3.63) is 87.3 Å². The number of halogens is 1. The molecule has 0 saturated carbocycles. The Morgan fingerprint density at radius 3 is 2.48 bits per heavy atom. The summed E-state index contributed by atoms with van der Waals surface area (Å²) >= 11 is 1.41. The van der Waals surface area contributed by atoms with Gasteiger partial charge >= 0.3 is 0 Å². The van der Waals surface area contributed by atoms with Gasteiger partial charge in [-0.15, -0.1) is 23.7 Å². The molecule has 1 aliphatic heterocycles. The minimum Gasteiger partial charge on any atom is -0.365 e. The van der Waals surface area contributed by atoms with Crippen molar-refractivity contribution in [3.8, 4) is 6.07 Å². The van der Waals surface area contributed by atoms with Crippen molar-refractivity contribution in [3.63, 3.8) is 0 Å². The van der Waals surface area contributed by atoms with Gasteiger partial charge in [0.15, 0.2) is 0 Å². The number of amides is 2. The second kappa shape index (κ2) is 9.75. The summed E-state index contributed by atoms with van der Waals surface area (Å²) < 4.78 is 0. The Bertz CT molecular complexity index is 1140. The van der Waals surface area contributed by atoms with E-state index < -0.39 is 5.91 Å². The van der Waals surface area contributed by atoms with E-state index in [0.717, 1.165) is 23.5 Å². The van der Waals surface area contributed by atoms with Crippen molar-refractivity contribution in [2.45, 2.75) is 19.5 Å². The monoisotopic (exact) mass is 452 g/mol. The van der Waals surface area contributed by atoms with Crippen molar-refractivity contribution in [1.29, 1.82) is 5.26 Å². The van der Waals surface area contributed by atoms with Crippen LogP contribution in [0.4, 0.5) is 5.00 Å². The summed E-state index contributed by atoms with van der Waals surface area (Å²) in [6.45, 7) is 2.36. The van der Waals surface area contributed by atoms with Gasteiger partial charge in [0.1, 0.15) is 5.00 Å². The van der Waals surface area contributed by atoms with Gasteiger partial charge < -0.3 is 11.1 Å². The van der Waals surface area contributed by atoms with Crippen molar-refractivity contribution in [2.24, 2.45) is 5.73 Å². The smallest absolute Gasteiger partial charge is 0.256 e. The van der Waals surface area contributed by atoms with Crippen LogP contribution in [0.25, 0.3) is 0 Å². The zero-order valence-corrected chi connectivity index (χ0v) is 18.3. The van der Waals surface area contributed by atoms with E-state index in [4.69, 9.17) is 11.0 Å². The molecule has 3 N–H and O–H groups in total. The molecule has 0 unspecified atom stereocenters. The Labute approximate surface area is 190 Å². The topological polar surface area (TPSA) is 99.2 Å². The van der Waals surface area contributed by atoms with Gasteiger partial charge in [0.25, 0.3) is 11.8 Å². The number of primary amides is 1. The summed E-state index contributed by atoms with van der Waals surface area (Å²) in [5.41, 5.74) is 9.15. The summed E-state index contributed by atoms with van der Waals surface area (Å²) in [7, 11) is 0. The van der Waals surface area contributed by atoms with Gasteiger partial charge in [0, 0.05) is 30.1 Å². The molecule has 4 rings (SSSR count). The van der Waals surface area contributed by atoms with E-state index in [1.165, 1.54) is 16.9 Å². The van der Waals surface area contributed by atoms with Crippen LogP contribution in [0.3, 0.4) is 0 Å². The highest BCUT2D eigenvalue weighted by Crippen LogP contribution is 2.37. The zero-order chi connectivity index (χ0) is 21.1. The third-order valence-electron chi connectivity index (χ3n) is 5.13. The highest BCUT2D eigenvalue weighted by Gasteiger charge is 2.28. The first-order chi connectivity index (χ1) is 14.5. The molecular formula is C23H21ClN4O2S. The molecule has 0 radical (unpaired) electrons. The molecule has 8 heteroatoms. The van der Waals surface area contributed by atoms with Crippen LogP contribution in [0.2, 0.25) is 0 Å². The van der Waals surface area contributed by atoms with Gasteiger partial charge in [0.05, 0.1) is 17.2 Å². The molecule has 2 amide bonds. The van der Waals surface area contributed by atoms with Crippen molar-refractivity contribution < 1.29 is 9.59 Å². The summed E-state index contributed by atoms with van der Waals surface area (Å²) in [5, 5.41) is 12.2. The van der Waals surface area contributed by atoms with Crippen LogP contribution in [0, 0.1) is 11.3 Å². The molecule has 3 aromatic rings. The van der Waals surface area contributed by atoms with Crippen LogP contribution in [0.1, 0.15) is 42.3 Å². The molecule has 0 spiro atoms. The lowest BCUT2D eigenvalue weighted by Crippen LogP contribution is -2.30. The summed E-state index contributed by atoms with van der Waals surface area (Å²) in [4.78, 5) is 28.2. The van der Waals surface area contributed by atoms with E-state index in [1.54, 1.807) is 24.3 Å². The van der Waals surface area contributed by atoms with E-state index in [-0.39, 0.29) is 18.3 Å². The van der Waals surface area contributed by atoms with Crippen molar-refractivity contribution in [2.75, 3.05) is 11.9 Å². The van der Waals surface area contributed by atoms with Gasteiger partial charge in [-0.2, -0.15) is 5.26 Å². The minimum atomic E-state index is -0.529. The maximum atomic E-state index is 12.7. The zero-order valence-electron chi connectivity index (χ0n) is 16.6. The quantitative estimate of drug-likeness (QED) is 0.612. The lowest BCUT2D eigenvalue weighted by molar-refractivity contribution is 0.0999. The van der Waals surface area contributed by atoms with Crippen LogP contribution in [0.15, 0.2) is 54.6 Å². The number of hydrogen-bond donors (Lipinski definition) is 2. The fraction of sp³-hybridized carbons (Fsp3) is 0.174. The fourth-order valence-corrected chi connectivity index (χ4v) is 4.94. The maximum Gasteiger partial charge on any atom is 0.256 e. The summed E-state index contributed by atoms with van der Waals surface area (Å²) in [5.74, 6) is -0.860. The summed E-state index contributed by atoms with van der Waals surface area (Å²) in [6, 6.07) is 18.6. The molecule has 0 bridgehead atoms. The third kappa shape index (κ3) is 4.94. The SMILES string of the molecule is Cl.N#Cc1ccc(C(=O)Nc2sc3c(c2C(N)=O)CCN(Cc2ccccc2)C3)cc1. The third-order valence-corrected chi connectivity index (χ3v) is 6.27. The average Bonchev–Trinajstić information content (AvgIpc) is 3.11. The van der Waals surface area contributed by atoms with Crippen LogP contribution in [0.5, 0.6) is 0 Å². The molecule has 31 heavy (non-hydrogen) atoms. The number of rotatable bonds is 5. The second-order valence-electron chi connectivity index (χ2n) is 7.16. The molecule has 6 nitrogen and oxygen atoms in total. The predicted octanol–water partition coefficient (Wildman–Crippen LogP) is 3.95. The normalized spacial score (nSPS) is 12.9. The average molecular weight is 453 g/mol.